The highest BCUT2D eigenvalue weighted by Crippen LogP contribution is 2.28. The average Bonchev–Trinajstić information content (AvgIpc) is 2.47. The highest BCUT2D eigenvalue weighted by molar-refractivity contribution is 9.10. The van der Waals surface area contributed by atoms with Crippen molar-refractivity contribution >= 4 is 21.9 Å². The molecule has 2 rings (SSSR count). The van der Waals surface area contributed by atoms with Crippen molar-refractivity contribution in [3.63, 3.8) is 0 Å². The summed E-state index contributed by atoms with van der Waals surface area (Å²) in [6.07, 6.45) is 0.348. The quantitative estimate of drug-likeness (QED) is 0.860. The third-order valence-electron chi connectivity index (χ3n) is 2.86. The molecule has 0 bridgehead atoms. The molecule has 0 unspecified atom stereocenters. The van der Waals surface area contributed by atoms with Gasteiger partial charge in [0.05, 0.1) is 11.6 Å². The molecular formula is C16H11BrFNO3. The third kappa shape index (κ3) is 4.30. The molecule has 0 heterocycles. The smallest absolute Gasteiger partial charge is 0.303 e. The Balaban J connectivity index is 2.23. The second-order valence-corrected chi connectivity index (χ2v) is 5.39. The molecule has 0 saturated heterocycles. The van der Waals surface area contributed by atoms with Crippen molar-refractivity contribution in [2.75, 3.05) is 0 Å². The highest BCUT2D eigenvalue weighted by Gasteiger charge is 2.08. The first-order valence-electron chi connectivity index (χ1n) is 6.36. The maximum absolute atomic E-state index is 13.4. The van der Waals surface area contributed by atoms with Crippen LogP contribution in [0.25, 0.3) is 0 Å². The average molecular weight is 364 g/mol. The number of aryl methyl sites for hydroxylation is 1. The van der Waals surface area contributed by atoms with Gasteiger partial charge in [-0.25, -0.2) is 4.39 Å². The zero-order valence-electron chi connectivity index (χ0n) is 11.3. The molecule has 0 radical (unpaired) electrons. The summed E-state index contributed by atoms with van der Waals surface area (Å²) >= 11 is 3.35. The Morgan fingerprint density at radius 2 is 2.05 bits per heavy atom. The van der Waals surface area contributed by atoms with E-state index in [1.807, 2.05) is 6.07 Å². The Labute approximate surface area is 134 Å². The van der Waals surface area contributed by atoms with Gasteiger partial charge in [0.25, 0.3) is 0 Å². The van der Waals surface area contributed by atoms with Crippen molar-refractivity contribution in [1.29, 1.82) is 5.26 Å². The van der Waals surface area contributed by atoms with Crippen molar-refractivity contribution in [2.24, 2.45) is 0 Å². The maximum atomic E-state index is 13.4. The second kappa shape index (κ2) is 7.05. The molecule has 0 atom stereocenters. The number of carboxylic acids is 1. The van der Waals surface area contributed by atoms with E-state index >= 15 is 0 Å². The molecule has 112 valence electrons. The number of halogens is 2. The SMILES string of the molecule is N#Cc1cc(F)cc(Oc2ccc(Br)c(CCC(=O)O)c2)c1. The maximum Gasteiger partial charge on any atom is 0.303 e. The van der Waals surface area contributed by atoms with Crippen LogP contribution in [0.4, 0.5) is 4.39 Å². The van der Waals surface area contributed by atoms with Crippen molar-refractivity contribution in [3.8, 4) is 17.6 Å². The molecule has 0 aliphatic carbocycles. The number of benzene rings is 2. The van der Waals surface area contributed by atoms with Crippen LogP contribution in [0.1, 0.15) is 17.5 Å². The Hall–Kier alpha value is -2.39. The van der Waals surface area contributed by atoms with E-state index in [4.69, 9.17) is 15.1 Å². The van der Waals surface area contributed by atoms with Crippen LogP contribution >= 0.6 is 15.9 Å². The third-order valence-corrected chi connectivity index (χ3v) is 3.64. The van der Waals surface area contributed by atoms with Crippen LogP contribution in [0.15, 0.2) is 40.9 Å². The Bertz CT molecular complexity index is 756. The number of hydrogen-bond acceptors (Lipinski definition) is 3. The van der Waals surface area contributed by atoms with Crippen LogP contribution in [0.3, 0.4) is 0 Å². The molecule has 2 aromatic carbocycles. The Morgan fingerprint density at radius 1 is 1.27 bits per heavy atom. The van der Waals surface area contributed by atoms with Gasteiger partial charge in [0.1, 0.15) is 17.3 Å². The van der Waals surface area contributed by atoms with Gasteiger partial charge in [-0.15, -0.1) is 0 Å². The summed E-state index contributed by atoms with van der Waals surface area (Å²) in [5, 5.41) is 17.6. The van der Waals surface area contributed by atoms with Gasteiger partial charge in [-0.1, -0.05) is 15.9 Å². The van der Waals surface area contributed by atoms with Gasteiger partial charge in [-0.2, -0.15) is 5.26 Å². The van der Waals surface area contributed by atoms with Crippen LogP contribution in [0.5, 0.6) is 11.5 Å². The van der Waals surface area contributed by atoms with Gasteiger partial charge in [0, 0.05) is 17.0 Å². The number of nitriles is 1. The minimum atomic E-state index is -0.887. The fourth-order valence-electron chi connectivity index (χ4n) is 1.87. The summed E-state index contributed by atoms with van der Waals surface area (Å²) in [5.74, 6) is -0.791. The summed E-state index contributed by atoms with van der Waals surface area (Å²) in [6, 6.07) is 10.7. The molecule has 22 heavy (non-hydrogen) atoms. The summed E-state index contributed by atoms with van der Waals surface area (Å²) in [6.45, 7) is 0. The molecule has 4 nitrogen and oxygen atoms in total. The molecule has 0 saturated carbocycles. The first-order chi connectivity index (χ1) is 10.5. The topological polar surface area (TPSA) is 70.3 Å². The molecule has 1 N–H and O–H groups in total. The fraction of sp³-hybridized carbons (Fsp3) is 0.125. The molecule has 0 aromatic heterocycles. The normalized spacial score (nSPS) is 10.0. The fourth-order valence-corrected chi connectivity index (χ4v) is 2.31. The van der Waals surface area contributed by atoms with Crippen molar-refractivity contribution in [3.05, 3.63) is 57.8 Å². The predicted octanol–water partition coefficient (Wildman–Crippen LogP) is 4.27. The number of carbonyl (C=O) groups is 1. The minimum Gasteiger partial charge on any atom is -0.481 e. The number of ether oxygens (including phenoxy) is 1. The van der Waals surface area contributed by atoms with Gasteiger partial charge in [-0.3, -0.25) is 4.79 Å². The Morgan fingerprint density at radius 3 is 2.73 bits per heavy atom. The molecule has 0 spiro atoms. The van der Waals surface area contributed by atoms with Crippen LogP contribution in [-0.4, -0.2) is 11.1 Å². The van der Waals surface area contributed by atoms with Gasteiger partial charge >= 0.3 is 5.97 Å². The Kier molecular flexibility index (Phi) is 5.12. The lowest BCUT2D eigenvalue weighted by molar-refractivity contribution is -0.136. The molecule has 6 heteroatoms. The molecule has 0 aliphatic rings. The second-order valence-electron chi connectivity index (χ2n) is 4.54. The first kappa shape index (κ1) is 16.0. The number of hydrogen-bond donors (Lipinski definition) is 1. The summed E-state index contributed by atoms with van der Waals surface area (Å²) in [4.78, 5) is 10.6. The zero-order valence-corrected chi connectivity index (χ0v) is 12.9. The monoisotopic (exact) mass is 363 g/mol. The van der Waals surface area contributed by atoms with Gasteiger partial charge in [0.15, 0.2) is 0 Å². The van der Waals surface area contributed by atoms with E-state index in [0.29, 0.717) is 12.2 Å². The van der Waals surface area contributed by atoms with E-state index in [1.54, 1.807) is 18.2 Å². The largest absolute Gasteiger partial charge is 0.481 e. The molecular weight excluding hydrogens is 353 g/mol. The van der Waals surface area contributed by atoms with E-state index in [1.165, 1.54) is 12.1 Å². The number of nitrogens with zero attached hydrogens (tertiary/aromatic N) is 1. The minimum absolute atomic E-state index is 0.000594. The lowest BCUT2D eigenvalue weighted by Gasteiger charge is -2.09. The van der Waals surface area contributed by atoms with Gasteiger partial charge in [-0.05, 0) is 42.3 Å². The van der Waals surface area contributed by atoms with E-state index in [0.717, 1.165) is 16.1 Å². The summed E-state index contributed by atoms with van der Waals surface area (Å²) < 4.78 is 19.7. The van der Waals surface area contributed by atoms with Crippen LogP contribution in [0, 0.1) is 17.1 Å². The van der Waals surface area contributed by atoms with Crippen LogP contribution < -0.4 is 4.74 Å². The molecule has 2 aromatic rings. The summed E-state index contributed by atoms with van der Waals surface area (Å²) in [5.41, 5.74) is 0.940. The van der Waals surface area contributed by atoms with E-state index in [-0.39, 0.29) is 17.7 Å². The summed E-state index contributed by atoms with van der Waals surface area (Å²) in [7, 11) is 0. The standard InChI is InChI=1S/C16H11BrFNO3/c17-15-3-2-13(7-11(15)1-4-16(20)21)22-14-6-10(9-19)5-12(18)8-14/h2-3,5-8H,1,4H2,(H,20,21). The molecule has 0 aliphatic heterocycles. The van der Waals surface area contributed by atoms with Crippen molar-refractivity contribution in [1.82, 2.24) is 0 Å². The van der Waals surface area contributed by atoms with Gasteiger partial charge in [0.2, 0.25) is 0 Å². The number of rotatable bonds is 5. The number of carboxylic acid groups (broad SMARTS) is 1. The van der Waals surface area contributed by atoms with E-state index in [9.17, 15) is 9.18 Å². The van der Waals surface area contributed by atoms with E-state index in [2.05, 4.69) is 15.9 Å². The lowest BCUT2D eigenvalue weighted by Crippen LogP contribution is -1.98. The van der Waals surface area contributed by atoms with E-state index < -0.39 is 11.8 Å². The van der Waals surface area contributed by atoms with Crippen LogP contribution in [0.2, 0.25) is 0 Å². The van der Waals surface area contributed by atoms with Crippen molar-refractivity contribution < 1.29 is 19.0 Å². The highest BCUT2D eigenvalue weighted by atomic mass is 79.9. The predicted molar refractivity (Wildman–Crippen MR) is 81.3 cm³/mol. The van der Waals surface area contributed by atoms with Gasteiger partial charge < -0.3 is 9.84 Å². The first-order valence-corrected chi connectivity index (χ1v) is 7.16. The van der Waals surface area contributed by atoms with Crippen LogP contribution in [-0.2, 0) is 11.2 Å². The number of aliphatic carboxylic acids is 1. The molecule has 0 fully saturated rings. The zero-order chi connectivity index (χ0) is 16.1. The van der Waals surface area contributed by atoms with Crippen molar-refractivity contribution in [2.45, 2.75) is 12.8 Å². The molecule has 0 amide bonds. The lowest BCUT2D eigenvalue weighted by atomic mass is 10.1.